The van der Waals surface area contributed by atoms with Gasteiger partial charge in [0.2, 0.25) is 0 Å². The molecule has 1 saturated heterocycles. The number of benzene rings is 1. The van der Waals surface area contributed by atoms with Gasteiger partial charge in [-0.1, -0.05) is 39.0 Å². The Morgan fingerprint density at radius 1 is 1.19 bits per heavy atom. The minimum atomic E-state index is -0.464. The molecule has 0 bridgehead atoms. The van der Waals surface area contributed by atoms with E-state index in [1.54, 1.807) is 0 Å². The summed E-state index contributed by atoms with van der Waals surface area (Å²) in [5, 5.41) is 0.937. The molecule has 1 fully saturated rings. The Morgan fingerprint density at radius 2 is 1.85 bits per heavy atom. The fourth-order valence-corrected chi connectivity index (χ4v) is 4.12. The van der Waals surface area contributed by atoms with Gasteiger partial charge >= 0.3 is 5.97 Å². The van der Waals surface area contributed by atoms with E-state index in [1.807, 2.05) is 43.0 Å². The third kappa shape index (κ3) is 4.12. The van der Waals surface area contributed by atoms with Gasteiger partial charge in [-0.05, 0) is 43.2 Å². The number of piperidine rings is 1. The summed E-state index contributed by atoms with van der Waals surface area (Å²) in [6, 6.07) is 7.76. The van der Waals surface area contributed by atoms with Gasteiger partial charge in [-0.3, -0.25) is 9.78 Å². The van der Waals surface area contributed by atoms with Gasteiger partial charge in [-0.2, -0.15) is 0 Å². The zero-order valence-electron chi connectivity index (χ0n) is 16.6. The number of nitrogens with zero attached hydrogens (tertiary/aromatic N) is 2. The predicted molar refractivity (Wildman–Crippen MR) is 106 cm³/mol. The van der Waals surface area contributed by atoms with Crippen LogP contribution >= 0.6 is 0 Å². The number of ether oxygens (including phenoxy) is 1. The van der Waals surface area contributed by atoms with Crippen molar-refractivity contribution in [3.63, 3.8) is 0 Å². The van der Waals surface area contributed by atoms with Crippen LogP contribution in [0.5, 0.6) is 0 Å². The Morgan fingerprint density at radius 3 is 2.52 bits per heavy atom. The fourth-order valence-electron chi connectivity index (χ4n) is 4.12. The molecule has 0 aliphatic carbocycles. The van der Waals surface area contributed by atoms with Gasteiger partial charge in [0.25, 0.3) is 5.91 Å². The molecule has 0 saturated carbocycles. The maximum atomic E-state index is 12.8. The highest BCUT2D eigenvalue weighted by molar-refractivity contribution is 5.99. The van der Waals surface area contributed by atoms with Gasteiger partial charge in [0, 0.05) is 18.5 Å². The molecule has 5 nitrogen and oxygen atoms in total. The first-order valence-electron chi connectivity index (χ1n) is 9.73. The van der Waals surface area contributed by atoms with Crippen LogP contribution in [-0.4, -0.2) is 41.5 Å². The number of amides is 1. The van der Waals surface area contributed by atoms with Crippen LogP contribution in [0.4, 0.5) is 0 Å². The zero-order valence-corrected chi connectivity index (χ0v) is 16.6. The van der Waals surface area contributed by atoms with Gasteiger partial charge in [-0.25, -0.2) is 4.79 Å². The number of likely N-dealkylation sites (tertiary alicyclic amines) is 1. The molecule has 1 aromatic carbocycles. The minimum absolute atomic E-state index is 0.119. The van der Waals surface area contributed by atoms with E-state index in [0.29, 0.717) is 29.5 Å². The molecular formula is C22H28N2O3. The van der Waals surface area contributed by atoms with Gasteiger partial charge < -0.3 is 9.64 Å². The normalized spacial score (nSPS) is 19.9. The molecule has 144 valence electrons. The number of pyridine rings is 1. The van der Waals surface area contributed by atoms with Crippen molar-refractivity contribution >= 4 is 22.8 Å². The molecular weight excluding hydrogens is 340 g/mol. The summed E-state index contributed by atoms with van der Waals surface area (Å²) in [6.45, 7) is 9.44. The number of carbonyl (C=O) groups is 2. The Balaban J connectivity index is 1.76. The van der Waals surface area contributed by atoms with Crippen molar-refractivity contribution in [1.82, 2.24) is 9.88 Å². The number of para-hydroxylation sites is 1. The highest BCUT2D eigenvalue weighted by atomic mass is 16.5. The van der Waals surface area contributed by atoms with Crippen molar-refractivity contribution in [2.24, 2.45) is 11.8 Å². The third-order valence-corrected chi connectivity index (χ3v) is 5.31. The Labute approximate surface area is 160 Å². The smallest absolute Gasteiger partial charge is 0.340 e. The van der Waals surface area contributed by atoms with E-state index < -0.39 is 5.97 Å². The first-order valence-corrected chi connectivity index (χ1v) is 9.73. The van der Waals surface area contributed by atoms with E-state index in [2.05, 4.69) is 18.8 Å². The van der Waals surface area contributed by atoms with Crippen LogP contribution in [0, 0.1) is 18.8 Å². The Kier molecular flexibility index (Phi) is 5.78. The van der Waals surface area contributed by atoms with E-state index in [-0.39, 0.29) is 12.5 Å². The van der Waals surface area contributed by atoms with Gasteiger partial charge in [-0.15, -0.1) is 0 Å². The molecule has 2 heterocycles. The number of carbonyl (C=O) groups excluding carboxylic acids is 2. The topological polar surface area (TPSA) is 59.5 Å². The van der Waals surface area contributed by atoms with Crippen LogP contribution in [0.25, 0.3) is 10.9 Å². The molecule has 1 aliphatic heterocycles. The number of hydrogen-bond donors (Lipinski definition) is 0. The summed E-state index contributed by atoms with van der Waals surface area (Å²) in [7, 11) is 0. The van der Waals surface area contributed by atoms with E-state index in [0.717, 1.165) is 36.0 Å². The standard InChI is InChI=1S/C22H28N2O3/c1-5-18-21(16(4)17-8-6-7-9-19(17)23-18)22(26)27-13-20(25)24-11-14(2)10-15(3)12-24/h6-9,14-15H,5,10-13H2,1-4H3/t14-,15-/m0/s1. The van der Waals surface area contributed by atoms with Gasteiger partial charge in [0.15, 0.2) is 6.61 Å². The molecule has 2 atom stereocenters. The largest absolute Gasteiger partial charge is 0.452 e. The van der Waals surface area contributed by atoms with Crippen molar-refractivity contribution in [3.8, 4) is 0 Å². The van der Waals surface area contributed by atoms with Crippen molar-refractivity contribution in [2.75, 3.05) is 19.7 Å². The highest BCUT2D eigenvalue weighted by Gasteiger charge is 2.27. The molecule has 27 heavy (non-hydrogen) atoms. The number of aromatic nitrogens is 1. The van der Waals surface area contributed by atoms with E-state index in [1.165, 1.54) is 0 Å². The summed E-state index contributed by atoms with van der Waals surface area (Å²) in [6.07, 6.45) is 1.76. The fraction of sp³-hybridized carbons (Fsp3) is 0.500. The van der Waals surface area contributed by atoms with Crippen LogP contribution < -0.4 is 0 Å². The molecule has 1 amide bonds. The predicted octanol–water partition coefficient (Wildman–Crippen LogP) is 3.77. The molecule has 0 radical (unpaired) electrons. The van der Waals surface area contributed by atoms with Crippen LogP contribution in [0.2, 0.25) is 0 Å². The lowest BCUT2D eigenvalue weighted by molar-refractivity contribution is -0.137. The van der Waals surface area contributed by atoms with E-state index in [4.69, 9.17) is 4.74 Å². The lowest BCUT2D eigenvalue weighted by Crippen LogP contribution is -2.44. The summed E-state index contributed by atoms with van der Waals surface area (Å²) in [4.78, 5) is 31.7. The van der Waals surface area contributed by atoms with Gasteiger partial charge in [0.1, 0.15) is 0 Å². The van der Waals surface area contributed by atoms with E-state index >= 15 is 0 Å². The Hall–Kier alpha value is -2.43. The second-order valence-corrected chi connectivity index (χ2v) is 7.75. The van der Waals surface area contributed by atoms with Crippen molar-refractivity contribution in [3.05, 3.63) is 41.1 Å². The molecule has 1 aromatic heterocycles. The molecule has 3 rings (SSSR count). The lowest BCUT2D eigenvalue weighted by atomic mass is 9.92. The lowest BCUT2D eigenvalue weighted by Gasteiger charge is -2.34. The monoisotopic (exact) mass is 368 g/mol. The molecule has 1 aliphatic rings. The summed E-state index contributed by atoms with van der Waals surface area (Å²) in [5.74, 6) is 0.374. The number of esters is 1. The van der Waals surface area contributed by atoms with Gasteiger partial charge in [0.05, 0.1) is 16.8 Å². The molecule has 0 N–H and O–H groups in total. The van der Waals surface area contributed by atoms with Crippen LogP contribution in [-0.2, 0) is 16.0 Å². The molecule has 5 heteroatoms. The second-order valence-electron chi connectivity index (χ2n) is 7.75. The maximum Gasteiger partial charge on any atom is 0.340 e. The first-order chi connectivity index (χ1) is 12.9. The molecule has 0 spiro atoms. The third-order valence-electron chi connectivity index (χ3n) is 5.31. The molecule has 0 unspecified atom stereocenters. The zero-order chi connectivity index (χ0) is 19.6. The minimum Gasteiger partial charge on any atom is -0.452 e. The average molecular weight is 368 g/mol. The average Bonchev–Trinajstić information content (AvgIpc) is 2.64. The SMILES string of the molecule is CCc1nc2ccccc2c(C)c1C(=O)OCC(=O)N1C[C@@H](C)C[C@H](C)C1. The first kappa shape index (κ1) is 19.3. The maximum absolute atomic E-state index is 12.8. The van der Waals surface area contributed by atoms with Crippen molar-refractivity contribution in [1.29, 1.82) is 0 Å². The summed E-state index contributed by atoms with van der Waals surface area (Å²) >= 11 is 0. The summed E-state index contributed by atoms with van der Waals surface area (Å²) in [5.41, 5.74) is 2.93. The number of fused-ring (bicyclic) bond motifs is 1. The number of hydrogen-bond acceptors (Lipinski definition) is 4. The number of aryl methyl sites for hydroxylation is 2. The number of rotatable bonds is 4. The van der Waals surface area contributed by atoms with E-state index in [9.17, 15) is 9.59 Å². The van der Waals surface area contributed by atoms with Crippen LogP contribution in [0.3, 0.4) is 0 Å². The molecule has 2 aromatic rings. The van der Waals surface area contributed by atoms with Crippen molar-refractivity contribution < 1.29 is 14.3 Å². The quantitative estimate of drug-likeness (QED) is 0.771. The van der Waals surface area contributed by atoms with Crippen LogP contribution in [0.1, 0.15) is 48.8 Å². The van der Waals surface area contributed by atoms with Crippen molar-refractivity contribution in [2.45, 2.75) is 40.5 Å². The van der Waals surface area contributed by atoms with Crippen LogP contribution in [0.15, 0.2) is 24.3 Å². The summed E-state index contributed by atoms with van der Waals surface area (Å²) < 4.78 is 5.42. The second kappa shape index (κ2) is 8.07. The highest BCUT2D eigenvalue weighted by Crippen LogP contribution is 2.24. The Bertz CT molecular complexity index is 852.